The van der Waals surface area contributed by atoms with Crippen molar-refractivity contribution < 1.29 is 19.1 Å². The quantitative estimate of drug-likeness (QED) is 0.344. The van der Waals surface area contributed by atoms with E-state index in [1.165, 1.54) is 5.01 Å². The maximum absolute atomic E-state index is 12.7. The van der Waals surface area contributed by atoms with Crippen molar-refractivity contribution in [2.75, 3.05) is 13.2 Å². The highest BCUT2D eigenvalue weighted by molar-refractivity contribution is 6.02. The van der Waals surface area contributed by atoms with Crippen LogP contribution in [0.2, 0.25) is 0 Å². The van der Waals surface area contributed by atoms with E-state index < -0.39 is 5.97 Å². The van der Waals surface area contributed by atoms with Crippen LogP contribution in [0.4, 0.5) is 0 Å². The summed E-state index contributed by atoms with van der Waals surface area (Å²) in [6.45, 7) is 4.66. The maximum atomic E-state index is 12.7. The van der Waals surface area contributed by atoms with Crippen LogP contribution in [0.1, 0.15) is 52.1 Å². The van der Waals surface area contributed by atoms with Crippen LogP contribution >= 0.6 is 0 Å². The molecule has 3 aromatic rings. The van der Waals surface area contributed by atoms with Crippen molar-refractivity contribution in [1.82, 2.24) is 9.58 Å². The standard InChI is InChI=1S/C28H29N3O4/c1-20-17-24(21(2)30(20)18-22-9-5-3-6-10-22)26(32)19-35-28(34)14-13-27(33)31-16-15-25(29-31)23-11-7-4-8-12-23/h3-12,17H,13-16,18-19H2,1-2H3. The molecule has 1 aliphatic heterocycles. The summed E-state index contributed by atoms with van der Waals surface area (Å²) in [5.74, 6) is -1.06. The van der Waals surface area contributed by atoms with Crippen LogP contribution in [0.25, 0.3) is 0 Å². The van der Waals surface area contributed by atoms with Gasteiger partial charge in [-0.05, 0) is 31.0 Å². The van der Waals surface area contributed by atoms with E-state index in [9.17, 15) is 14.4 Å². The normalized spacial score (nSPS) is 13.0. The second-order valence-electron chi connectivity index (χ2n) is 8.62. The van der Waals surface area contributed by atoms with Crippen molar-refractivity contribution in [3.8, 4) is 0 Å². The van der Waals surface area contributed by atoms with Crippen LogP contribution in [-0.4, -0.2) is 46.1 Å². The number of rotatable bonds is 9. The number of benzene rings is 2. The van der Waals surface area contributed by atoms with Gasteiger partial charge in [-0.25, -0.2) is 5.01 Å². The van der Waals surface area contributed by atoms with Crippen molar-refractivity contribution in [2.45, 2.75) is 39.7 Å². The topological polar surface area (TPSA) is 81.0 Å². The molecule has 2 aromatic carbocycles. The number of esters is 1. The summed E-state index contributed by atoms with van der Waals surface area (Å²) >= 11 is 0. The lowest BCUT2D eigenvalue weighted by Crippen LogP contribution is -2.24. The molecular weight excluding hydrogens is 442 g/mol. The Balaban J connectivity index is 1.26. The molecule has 7 heteroatoms. The van der Waals surface area contributed by atoms with E-state index >= 15 is 0 Å². The summed E-state index contributed by atoms with van der Waals surface area (Å²) in [5, 5.41) is 5.80. The van der Waals surface area contributed by atoms with Crippen molar-refractivity contribution in [3.63, 3.8) is 0 Å². The molecule has 7 nitrogen and oxygen atoms in total. The van der Waals surface area contributed by atoms with Gasteiger partial charge in [0.25, 0.3) is 0 Å². The second-order valence-corrected chi connectivity index (χ2v) is 8.62. The fourth-order valence-electron chi connectivity index (χ4n) is 4.20. The molecule has 1 aliphatic rings. The van der Waals surface area contributed by atoms with Gasteiger partial charge in [-0.15, -0.1) is 0 Å². The lowest BCUT2D eigenvalue weighted by atomic mass is 10.1. The first-order valence-electron chi connectivity index (χ1n) is 11.7. The molecule has 0 aliphatic carbocycles. The second kappa shape index (κ2) is 11.0. The third-order valence-corrected chi connectivity index (χ3v) is 6.16. The molecule has 1 amide bonds. The molecule has 1 aromatic heterocycles. The van der Waals surface area contributed by atoms with Crippen molar-refractivity contribution in [3.05, 3.63) is 94.8 Å². The van der Waals surface area contributed by atoms with E-state index in [4.69, 9.17) is 4.74 Å². The van der Waals surface area contributed by atoms with E-state index in [1.54, 1.807) is 0 Å². The number of hydrogen-bond acceptors (Lipinski definition) is 5. The van der Waals surface area contributed by atoms with Gasteiger partial charge in [0.1, 0.15) is 0 Å². The molecule has 0 fully saturated rings. The molecule has 0 N–H and O–H groups in total. The average molecular weight is 472 g/mol. The zero-order chi connectivity index (χ0) is 24.8. The number of carbonyl (C=O) groups is 3. The largest absolute Gasteiger partial charge is 0.457 e. The van der Waals surface area contributed by atoms with Crippen LogP contribution in [0.3, 0.4) is 0 Å². The molecule has 0 saturated heterocycles. The van der Waals surface area contributed by atoms with Gasteiger partial charge < -0.3 is 9.30 Å². The van der Waals surface area contributed by atoms with Crippen LogP contribution < -0.4 is 0 Å². The van der Waals surface area contributed by atoms with Crippen LogP contribution in [-0.2, 0) is 20.9 Å². The van der Waals surface area contributed by atoms with Gasteiger partial charge in [-0.3, -0.25) is 14.4 Å². The summed E-state index contributed by atoms with van der Waals surface area (Å²) < 4.78 is 7.25. The first-order valence-corrected chi connectivity index (χ1v) is 11.7. The third-order valence-electron chi connectivity index (χ3n) is 6.16. The van der Waals surface area contributed by atoms with Gasteiger partial charge in [-0.2, -0.15) is 5.10 Å². The Morgan fingerprint density at radius 2 is 1.63 bits per heavy atom. The first-order chi connectivity index (χ1) is 16.9. The van der Waals surface area contributed by atoms with Crippen molar-refractivity contribution in [2.24, 2.45) is 5.10 Å². The Kier molecular flexibility index (Phi) is 7.55. The monoisotopic (exact) mass is 471 g/mol. The number of aryl methyl sites for hydroxylation is 1. The molecule has 2 heterocycles. The lowest BCUT2D eigenvalue weighted by molar-refractivity contribution is -0.145. The lowest BCUT2D eigenvalue weighted by Gasteiger charge is -2.11. The molecular formula is C28H29N3O4. The molecule has 35 heavy (non-hydrogen) atoms. The number of amides is 1. The third kappa shape index (κ3) is 5.93. The van der Waals surface area contributed by atoms with Gasteiger partial charge in [0.15, 0.2) is 6.61 Å². The van der Waals surface area contributed by atoms with Gasteiger partial charge in [0.2, 0.25) is 11.7 Å². The Morgan fingerprint density at radius 3 is 2.34 bits per heavy atom. The molecule has 0 unspecified atom stereocenters. The molecule has 180 valence electrons. The Hall–Kier alpha value is -4.00. The highest BCUT2D eigenvalue weighted by Gasteiger charge is 2.23. The van der Waals surface area contributed by atoms with Crippen molar-refractivity contribution in [1.29, 1.82) is 0 Å². The summed E-state index contributed by atoms with van der Waals surface area (Å²) in [4.78, 5) is 37.4. The summed E-state index contributed by atoms with van der Waals surface area (Å²) in [6, 6.07) is 21.6. The van der Waals surface area contributed by atoms with Crippen LogP contribution in [0.5, 0.6) is 0 Å². The van der Waals surface area contributed by atoms with E-state index in [1.807, 2.05) is 80.6 Å². The number of hydrazone groups is 1. The van der Waals surface area contributed by atoms with Crippen LogP contribution in [0.15, 0.2) is 71.8 Å². The van der Waals surface area contributed by atoms with E-state index in [2.05, 4.69) is 9.67 Å². The zero-order valence-electron chi connectivity index (χ0n) is 20.1. The number of hydrogen-bond donors (Lipinski definition) is 0. The predicted molar refractivity (Wildman–Crippen MR) is 133 cm³/mol. The molecule has 0 radical (unpaired) electrons. The molecule has 0 saturated carbocycles. The number of aromatic nitrogens is 1. The number of carbonyl (C=O) groups excluding carboxylic acids is 3. The minimum Gasteiger partial charge on any atom is -0.457 e. The summed E-state index contributed by atoms with van der Waals surface area (Å²) in [7, 11) is 0. The van der Waals surface area contributed by atoms with E-state index in [0.717, 1.165) is 28.2 Å². The van der Waals surface area contributed by atoms with Crippen molar-refractivity contribution >= 4 is 23.4 Å². The zero-order valence-corrected chi connectivity index (χ0v) is 20.1. The summed E-state index contributed by atoms with van der Waals surface area (Å²) in [6.07, 6.45) is 0.577. The highest BCUT2D eigenvalue weighted by Crippen LogP contribution is 2.18. The Labute approximate surface area is 205 Å². The van der Waals surface area contributed by atoms with Gasteiger partial charge in [-0.1, -0.05) is 60.7 Å². The van der Waals surface area contributed by atoms with E-state index in [0.29, 0.717) is 25.1 Å². The molecule has 0 bridgehead atoms. The van der Waals surface area contributed by atoms with Gasteiger partial charge in [0, 0.05) is 36.3 Å². The average Bonchev–Trinajstić information content (AvgIpc) is 3.48. The molecule has 0 atom stereocenters. The molecule has 0 spiro atoms. The van der Waals surface area contributed by atoms with E-state index in [-0.39, 0.29) is 31.1 Å². The fraction of sp³-hybridized carbons (Fsp3) is 0.286. The SMILES string of the molecule is Cc1cc(C(=O)COC(=O)CCC(=O)N2CCC(c3ccccc3)=N2)c(C)n1Cc1ccccc1. The predicted octanol–water partition coefficient (Wildman–Crippen LogP) is 4.30. The smallest absolute Gasteiger partial charge is 0.306 e. The minimum absolute atomic E-state index is 0.00974. The maximum Gasteiger partial charge on any atom is 0.306 e. The first kappa shape index (κ1) is 24.1. The highest BCUT2D eigenvalue weighted by atomic mass is 16.5. The Bertz CT molecular complexity index is 1250. The fourth-order valence-corrected chi connectivity index (χ4v) is 4.20. The number of nitrogens with zero attached hydrogens (tertiary/aromatic N) is 3. The number of ketones is 1. The van der Waals surface area contributed by atoms with Gasteiger partial charge in [0.05, 0.1) is 18.7 Å². The minimum atomic E-state index is -0.573. The van der Waals surface area contributed by atoms with Crippen LogP contribution in [0, 0.1) is 13.8 Å². The van der Waals surface area contributed by atoms with Gasteiger partial charge >= 0.3 is 5.97 Å². The summed E-state index contributed by atoms with van der Waals surface area (Å²) in [5.41, 5.74) is 5.34. The Morgan fingerprint density at radius 1 is 0.943 bits per heavy atom. The molecule has 4 rings (SSSR count). The number of ether oxygens (including phenoxy) is 1. The number of Topliss-reactive ketones (excluding diaryl/α,β-unsaturated/α-hetero) is 1.